The first-order valence-corrected chi connectivity index (χ1v) is 9.48. The van der Waals surface area contributed by atoms with Crippen LogP contribution < -0.4 is 9.80 Å². The van der Waals surface area contributed by atoms with Gasteiger partial charge in [-0.3, -0.25) is 14.5 Å². The molecule has 29 heavy (non-hydrogen) atoms. The number of aryl methyl sites for hydroxylation is 1. The van der Waals surface area contributed by atoms with Gasteiger partial charge in [0.05, 0.1) is 5.69 Å². The van der Waals surface area contributed by atoms with E-state index in [0.29, 0.717) is 11.3 Å². The molecule has 4 rings (SSSR count). The molecule has 0 unspecified atom stereocenters. The van der Waals surface area contributed by atoms with Gasteiger partial charge in [0.2, 0.25) is 5.91 Å². The van der Waals surface area contributed by atoms with E-state index >= 15 is 0 Å². The third-order valence-electron chi connectivity index (χ3n) is 5.41. The van der Waals surface area contributed by atoms with Crippen LogP contribution in [0.1, 0.15) is 22.7 Å². The van der Waals surface area contributed by atoms with Crippen molar-refractivity contribution in [2.75, 3.05) is 16.3 Å². The first-order chi connectivity index (χ1) is 14.0. The highest BCUT2D eigenvalue weighted by Gasteiger charge is 2.42. The van der Waals surface area contributed by atoms with Gasteiger partial charge in [-0.05, 0) is 48.7 Å². The minimum absolute atomic E-state index is 0.111. The largest absolute Gasteiger partial charge is 0.301 e. The molecule has 2 amide bonds. The van der Waals surface area contributed by atoms with E-state index in [9.17, 15) is 14.0 Å². The second kappa shape index (κ2) is 7.51. The molecular formula is C24H21FN2O2. The summed E-state index contributed by atoms with van der Waals surface area (Å²) in [6.07, 6.45) is 0. The SMILES string of the molecule is Cc1cccc(N2CC(=O)N(c3ccccc3F)[C@@H](c3ccccc3)C2=O)c1C. The fourth-order valence-electron chi connectivity index (χ4n) is 3.77. The first kappa shape index (κ1) is 18.9. The number of nitrogens with zero attached hydrogens (tertiary/aromatic N) is 2. The number of carbonyl (C=O) groups excluding carboxylic acids is 2. The third-order valence-corrected chi connectivity index (χ3v) is 5.41. The van der Waals surface area contributed by atoms with Gasteiger partial charge in [-0.15, -0.1) is 0 Å². The highest BCUT2D eigenvalue weighted by molar-refractivity contribution is 6.14. The molecule has 1 aliphatic rings. The molecule has 0 aromatic heterocycles. The lowest BCUT2D eigenvalue weighted by atomic mass is 9.98. The van der Waals surface area contributed by atoms with E-state index in [1.54, 1.807) is 24.3 Å². The zero-order valence-corrected chi connectivity index (χ0v) is 16.3. The molecular weight excluding hydrogens is 367 g/mol. The van der Waals surface area contributed by atoms with E-state index in [0.717, 1.165) is 11.1 Å². The minimum atomic E-state index is -0.936. The topological polar surface area (TPSA) is 40.6 Å². The van der Waals surface area contributed by atoms with Crippen LogP contribution in [0.2, 0.25) is 0 Å². The van der Waals surface area contributed by atoms with Gasteiger partial charge in [0.1, 0.15) is 18.4 Å². The molecule has 4 nitrogen and oxygen atoms in total. The maximum Gasteiger partial charge on any atom is 0.255 e. The van der Waals surface area contributed by atoms with Gasteiger partial charge in [0.15, 0.2) is 0 Å². The van der Waals surface area contributed by atoms with E-state index in [1.165, 1.54) is 21.9 Å². The lowest BCUT2D eigenvalue weighted by Gasteiger charge is -2.41. The maximum absolute atomic E-state index is 14.6. The second-order valence-corrected chi connectivity index (χ2v) is 7.17. The molecule has 3 aromatic rings. The molecule has 0 N–H and O–H groups in total. The summed E-state index contributed by atoms with van der Waals surface area (Å²) in [6.45, 7) is 3.76. The molecule has 1 heterocycles. The number of halogens is 1. The molecule has 146 valence electrons. The Labute approximate surface area is 169 Å². The number of hydrogen-bond donors (Lipinski definition) is 0. The molecule has 5 heteroatoms. The molecule has 3 aromatic carbocycles. The minimum Gasteiger partial charge on any atom is -0.301 e. The Balaban J connectivity index is 1.86. The van der Waals surface area contributed by atoms with Gasteiger partial charge < -0.3 is 4.90 Å². The highest BCUT2D eigenvalue weighted by Crippen LogP contribution is 2.36. The summed E-state index contributed by atoms with van der Waals surface area (Å²) in [5, 5.41) is 0. The van der Waals surface area contributed by atoms with Crippen molar-refractivity contribution in [2.45, 2.75) is 19.9 Å². The Kier molecular flexibility index (Phi) is 4.89. The number of anilines is 2. The van der Waals surface area contributed by atoms with Crippen molar-refractivity contribution in [3.05, 3.63) is 95.3 Å². The van der Waals surface area contributed by atoms with Gasteiger partial charge in [0, 0.05) is 5.69 Å². The van der Waals surface area contributed by atoms with Crippen molar-refractivity contribution in [3.63, 3.8) is 0 Å². The molecule has 0 saturated carbocycles. The quantitative estimate of drug-likeness (QED) is 0.660. The molecule has 1 atom stereocenters. The fourth-order valence-corrected chi connectivity index (χ4v) is 3.77. The van der Waals surface area contributed by atoms with Crippen LogP contribution in [-0.4, -0.2) is 18.4 Å². The average molecular weight is 388 g/mol. The van der Waals surface area contributed by atoms with E-state index in [1.807, 2.05) is 50.2 Å². The molecule has 0 aliphatic carbocycles. The Morgan fingerprint density at radius 3 is 2.21 bits per heavy atom. The molecule has 1 saturated heterocycles. The standard InChI is InChI=1S/C24H21FN2O2/c1-16-9-8-14-20(17(16)2)26-15-22(28)27(21-13-7-6-12-19(21)25)23(24(26)29)18-10-4-3-5-11-18/h3-14,23H,15H2,1-2H3/t23-/m0/s1. The Bertz CT molecular complexity index is 1080. The van der Waals surface area contributed by atoms with Gasteiger partial charge in [-0.2, -0.15) is 0 Å². The number of piperazine rings is 1. The lowest BCUT2D eigenvalue weighted by molar-refractivity contribution is -0.128. The van der Waals surface area contributed by atoms with Crippen LogP contribution in [0.15, 0.2) is 72.8 Å². The summed E-state index contributed by atoms with van der Waals surface area (Å²) in [5.74, 6) is -1.12. The van der Waals surface area contributed by atoms with Crippen molar-refractivity contribution in [1.29, 1.82) is 0 Å². The van der Waals surface area contributed by atoms with E-state index in [2.05, 4.69) is 0 Å². The Hall–Kier alpha value is -3.47. The van der Waals surface area contributed by atoms with E-state index in [4.69, 9.17) is 0 Å². The van der Waals surface area contributed by atoms with E-state index < -0.39 is 11.9 Å². The molecule has 0 bridgehead atoms. The fraction of sp³-hybridized carbons (Fsp3) is 0.167. The van der Waals surface area contributed by atoms with Gasteiger partial charge in [0.25, 0.3) is 5.91 Å². The second-order valence-electron chi connectivity index (χ2n) is 7.17. The van der Waals surface area contributed by atoms with Crippen molar-refractivity contribution in [1.82, 2.24) is 0 Å². The number of hydrogen-bond acceptors (Lipinski definition) is 2. The molecule has 1 aliphatic heterocycles. The summed E-state index contributed by atoms with van der Waals surface area (Å²) in [5.41, 5.74) is 3.44. The normalized spacial score (nSPS) is 17.0. The van der Waals surface area contributed by atoms with Crippen molar-refractivity contribution in [2.24, 2.45) is 0 Å². The predicted molar refractivity (Wildman–Crippen MR) is 111 cm³/mol. The Morgan fingerprint density at radius 2 is 1.48 bits per heavy atom. The van der Waals surface area contributed by atoms with Crippen LogP contribution >= 0.6 is 0 Å². The number of benzene rings is 3. The highest BCUT2D eigenvalue weighted by atomic mass is 19.1. The van der Waals surface area contributed by atoms with Crippen LogP contribution in [-0.2, 0) is 9.59 Å². The van der Waals surface area contributed by atoms with Crippen molar-refractivity contribution in [3.8, 4) is 0 Å². The number of para-hydroxylation sites is 1. The van der Waals surface area contributed by atoms with Gasteiger partial charge in [-0.1, -0.05) is 54.6 Å². The maximum atomic E-state index is 14.6. The van der Waals surface area contributed by atoms with Crippen LogP contribution in [0.5, 0.6) is 0 Å². The summed E-state index contributed by atoms with van der Waals surface area (Å²) >= 11 is 0. The van der Waals surface area contributed by atoms with Crippen molar-refractivity contribution >= 4 is 23.2 Å². The zero-order valence-electron chi connectivity index (χ0n) is 16.3. The number of amides is 2. The van der Waals surface area contributed by atoms with Gasteiger partial charge in [-0.25, -0.2) is 4.39 Å². The summed E-state index contributed by atoms with van der Waals surface area (Å²) in [7, 11) is 0. The summed E-state index contributed by atoms with van der Waals surface area (Å²) in [6, 6.07) is 19.8. The van der Waals surface area contributed by atoms with Crippen LogP contribution in [0.4, 0.5) is 15.8 Å². The summed E-state index contributed by atoms with van der Waals surface area (Å²) in [4.78, 5) is 29.7. The molecule has 0 radical (unpaired) electrons. The summed E-state index contributed by atoms with van der Waals surface area (Å²) < 4.78 is 14.6. The monoisotopic (exact) mass is 388 g/mol. The molecule has 0 spiro atoms. The van der Waals surface area contributed by atoms with Crippen LogP contribution in [0.3, 0.4) is 0 Å². The van der Waals surface area contributed by atoms with Crippen LogP contribution in [0, 0.1) is 19.7 Å². The van der Waals surface area contributed by atoms with Gasteiger partial charge >= 0.3 is 0 Å². The molecule has 1 fully saturated rings. The Morgan fingerprint density at radius 1 is 0.828 bits per heavy atom. The number of rotatable bonds is 3. The van der Waals surface area contributed by atoms with Crippen molar-refractivity contribution < 1.29 is 14.0 Å². The lowest BCUT2D eigenvalue weighted by Crippen LogP contribution is -2.56. The predicted octanol–water partition coefficient (Wildman–Crippen LogP) is 4.56. The number of carbonyl (C=O) groups is 2. The van der Waals surface area contributed by atoms with Crippen LogP contribution in [0.25, 0.3) is 0 Å². The zero-order chi connectivity index (χ0) is 20.5. The van der Waals surface area contributed by atoms with E-state index in [-0.39, 0.29) is 24.0 Å². The third kappa shape index (κ3) is 3.29. The average Bonchev–Trinajstić information content (AvgIpc) is 2.73. The first-order valence-electron chi connectivity index (χ1n) is 9.48. The smallest absolute Gasteiger partial charge is 0.255 e.